The van der Waals surface area contributed by atoms with Crippen LogP contribution in [0.2, 0.25) is 0 Å². The Morgan fingerprint density at radius 1 is 1.18 bits per heavy atom. The van der Waals surface area contributed by atoms with E-state index >= 15 is 0 Å². The van der Waals surface area contributed by atoms with E-state index < -0.39 is 0 Å². The Balaban J connectivity index is 1.52. The van der Waals surface area contributed by atoms with Crippen molar-refractivity contribution in [2.24, 2.45) is 5.92 Å². The van der Waals surface area contributed by atoms with Gasteiger partial charge in [0.2, 0.25) is 0 Å². The number of aromatic nitrogens is 2. The molecule has 0 atom stereocenters. The van der Waals surface area contributed by atoms with Gasteiger partial charge in [-0.3, -0.25) is 4.79 Å². The predicted molar refractivity (Wildman–Crippen MR) is 108 cm³/mol. The Morgan fingerprint density at radius 3 is 2.54 bits per heavy atom. The summed E-state index contributed by atoms with van der Waals surface area (Å²) in [6.07, 6.45) is 2.29. The van der Waals surface area contributed by atoms with E-state index in [0.717, 1.165) is 49.2 Å². The van der Waals surface area contributed by atoms with E-state index in [1.54, 1.807) is 13.2 Å². The van der Waals surface area contributed by atoms with E-state index in [-0.39, 0.29) is 5.91 Å². The number of hydrogen-bond donors (Lipinski definition) is 1. The van der Waals surface area contributed by atoms with Crippen molar-refractivity contribution in [1.82, 2.24) is 15.3 Å². The summed E-state index contributed by atoms with van der Waals surface area (Å²) in [6.45, 7) is 6.79. The summed E-state index contributed by atoms with van der Waals surface area (Å²) in [5, 5.41) is 2.86. The first kappa shape index (κ1) is 19.9. The lowest BCUT2D eigenvalue weighted by Crippen LogP contribution is -2.34. The van der Waals surface area contributed by atoms with Gasteiger partial charge in [0.15, 0.2) is 0 Å². The average Bonchev–Trinajstić information content (AvgIpc) is 2.71. The smallest absolute Gasteiger partial charge is 0.270 e. The molecule has 1 amide bonds. The zero-order chi connectivity index (χ0) is 19.9. The fraction of sp³-hybridized carbons (Fsp3) is 0.476. The summed E-state index contributed by atoms with van der Waals surface area (Å²) in [5.74, 6) is 3.48. The molecule has 150 valence electrons. The van der Waals surface area contributed by atoms with Crippen molar-refractivity contribution in [1.29, 1.82) is 0 Å². The topological polar surface area (TPSA) is 76.6 Å². The molecule has 0 aliphatic carbocycles. The molecule has 2 aromatic rings. The SMILES string of the molecule is COc1ccc(OCCNC(=O)c2cc(N3CCC(C)CC3)nc(C)n2)cc1. The van der Waals surface area contributed by atoms with Crippen LogP contribution in [-0.2, 0) is 0 Å². The number of nitrogens with zero attached hydrogens (tertiary/aromatic N) is 3. The number of rotatable bonds is 7. The molecule has 2 heterocycles. The Morgan fingerprint density at radius 2 is 1.86 bits per heavy atom. The van der Waals surface area contributed by atoms with Gasteiger partial charge in [-0.05, 0) is 49.9 Å². The molecule has 0 saturated carbocycles. The van der Waals surface area contributed by atoms with Gasteiger partial charge < -0.3 is 19.7 Å². The number of amides is 1. The first-order valence-corrected chi connectivity index (χ1v) is 9.71. The maximum Gasteiger partial charge on any atom is 0.270 e. The number of piperidine rings is 1. The highest BCUT2D eigenvalue weighted by Crippen LogP contribution is 2.22. The third-order valence-corrected chi connectivity index (χ3v) is 4.88. The van der Waals surface area contributed by atoms with Gasteiger partial charge in [0.1, 0.15) is 35.4 Å². The van der Waals surface area contributed by atoms with E-state index in [1.165, 1.54) is 0 Å². The maximum absolute atomic E-state index is 12.5. The Labute approximate surface area is 166 Å². The Kier molecular flexibility index (Phi) is 6.68. The quantitative estimate of drug-likeness (QED) is 0.740. The lowest BCUT2D eigenvalue weighted by atomic mass is 9.99. The molecule has 0 bridgehead atoms. The normalized spacial score (nSPS) is 14.6. The van der Waals surface area contributed by atoms with Crippen molar-refractivity contribution in [3.63, 3.8) is 0 Å². The number of hydrogen-bond acceptors (Lipinski definition) is 6. The molecule has 1 aromatic carbocycles. The highest BCUT2D eigenvalue weighted by Gasteiger charge is 2.19. The van der Waals surface area contributed by atoms with Crippen LogP contribution in [0.15, 0.2) is 30.3 Å². The summed E-state index contributed by atoms with van der Waals surface area (Å²) in [4.78, 5) is 23.5. The molecule has 7 heteroatoms. The third kappa shape index (κ3) is 5.34. The highest BCUT2D eigenvalue weighted by atomic mass is 16.5. The predicted octanol–water partition coefficient (Wildman–Crippen LogP) is 2.84. The Hall–Kier alpha value is -2.83. The maximum atomic E-state index is 12.5. The zero-order valence-corrected chi connectivity index (χ0v) is 16.8. The molecule has 1 fully saturated rings. The number of carbonyl (C=O) groups excluding carboxylic acids is 1. The summed E-state index contributed by atoms with van der Waals surface area (Å²) in [7, 11) is 1.62. The molecule has 0 radical (unpaired) electrons. The molecule has 3 rings (SSSR count). The lowest BCUT2D eigenvalue weighted by Gasteiger charge is -2.31. The number of aryl methyl sites for hydroxylation is 1. The molecule has 1 aromatic heterocycles. The standard InChI is InChI=1S/C21H28N4O3/c1-15-8-11-25(12-9-15)20-14-19(23-16(2)24-20)21(26)22-10-13-28-18-6-4-17(27-3)5-7-18/h4-7,14-15H,8-13H2,1-3H3,(H,22,26). The second-order valence-electron chi connectivity index (χ2n) is 7.11. The molecule has 1 N–H and O–H groups in total. The summed E-state index contributed by atoms with van der Waals surface area (Å²) in [5.41, 5.74) is 0.394. The van der Waals surface area contributed by atoms with E-state index in [9.17, 15) is 4.79 Å². The van der Waals surface area contributed by atoms with Crippen molar-refractivity contribution in [2.45, 2.75) is 26.7 Å². The molecule has 0 spiro atoms. The van der Waals surface area contributed by atoms with Gasteiger partial charge in [-0.1, -0.05) is 6.92 Å². The van der Waals surface area contributed by atoms with Gasteiger partial charge >= 0.3 is 0 Å². The van der Waals surface area contributed by atoms with E-state index in [2.05, 4.69) is 27.1 Å². The van der Waals surface area contributed by atoms with Crippen LogP contribution >= 0.6 is 0 Å². The summed E-state index contributed by atoms with van der Waals surface area (Å²) < 4.78 is 10.7. The molecule has 28 heavy (non-hydrogen) atoms. The van der Waals surface area contributed by atoms with Crippen LogP contribution in [0.3, 0.4) is 0 Å². The number of benzene rings is 1. The summed E-state index contributed by atoms with van der Waals surface area (Å²) >= 11 is 0. The number of nitrogens with one attached hydrogen (secondary N) is 1. The van der Waals surface area contributed by atoms with Crippen LogP contribution < -0.4 is 19.7 Å². The zero-order valence-electron chi connectivity index (χ0n) is 16.8. The largest absolute Gasteiger partial charge is 0.497 e. The van der Waals surface area contributed by atoms with Gasteiger partial charge in [0, 0.05) is 19.2 Å². The minimum absolute atomic E-state index is 0.213. The van der Waals surface area contributed by atoms with Gasteiger partial charge in [-0.25, -0.2) is 9.97 Å². The van der Waals surface area contributed by atoms with Crippen molar-refractivity contribution in [3.05, 3.63) is 41.9 Å². The van der Waals surface area contributed by atoms with E-state index in [1.807, 2.05) is 31.2 Å². The number of carbonyl (C=O) groups is 1. The fourth-order valence-corrected chi connectivity index (χ4v) is 3.16. The van der Waals surface area contributed by atoms with Gasteiger partial charge in [-0.15, -0.1) is 0 Å². The van der Waals surface area contributed by atoms with Gasteiger partial charge in [0.05, 0.1) is 13.7 Å². The Bertz CT molecular complexity index is 787. The van der Waals surface area contributed by atoms with Crippen LogP contribution in [0.4, 0.5) is 5.82 Å². The second kappa shape index (κ2) is 9.39. The molecule has 1 aliphatic heterocycles. The minimum atomic E-state index is -0.213. The molecule has 1 aliphatic rings. The van der Waals surface area contributed by atoms with Crippen LogP contribution in [0.5, 0.6) is 11.5 Å². The minimum Gasteiger partial charge on any atom is -0.497 e. The van der Waals surface area contributed by atoms with Crippen molar-refractivity contribution in [3.8, 4) is 11.5 Å². The lowest BCUT2D eigenvalue weighted by molar-refractivity contribution is 0.0941. The third-order valence-electron chi connectivity index (χ3n) is 4.88. The van der Waals surface area contributed by atoms with Crippen molar-refractivity contribution >= 4 is 11.7 Å². The second-order valence-corrected chi connectivity index (χ2v) is 7.11. The van der Waals surface area contributed by atoms with Crippen LogP contribution in [-0.4, -0.2) is 49.2 Å². The molecular weight excluding hydrogens is 356 g/mol. The molecular formula is C21H28N4O3. The highest BCUT2D eigenvalue weighted by molar-refractivity contribution is 5.92. The monoisotopic (exact) mass is 384 g/mol. The van der Waals surface area contributed by atoms with Crippen molar-refractivity contribution < 1.29 is 14.3 Å². The van der Waals surface area contributed by atoms with Crippen LogP contribution in [0.25, 0.3) is 0 Å². The van der Waals surface area contributed by atoms with E-state index in [0.29, 0.717) is 24.7 Å². The fourth-order valence-electron chi connectivity index (χ4n) is 3.16. The first-order valence-electron chi connectivity index (χ1n) is 9.71. The van der Waals surface area contributed by atoms with Crippen LogP contribution in [0, 0.1) is 12.8 Å². The molecule has 1 saturated heterocycles. The van der Waals surface area contributed by atoms with Crippen molar-refractivity contribution in [2.75, 3.05) is 38.3 Å². The molecule has 7 nitrogen and oxygen atoms in total. The van der Waals surface area contributed by atoms with Crippen LogP contribution in [0.1, 0.15) is 36.1 Å². The number of anilines is 1. The number of methoxy groups -OCH3 is 1. The van der Waals surface area contributed by atoms with E-state index in [4.69, 9.17) is 9.47 Å². The average molecular weight is 384 g/mol. The van der Waals surface area contributed by atoms with Gasteiger partial charge in [-0.2, -0.15) is 0 Å². The van der Waals surface area contributed by atoms with Gasteiger partial charge in [0.25, 0.3) is 5.91 Å². The number of ether oxygens (including phenoxy) is 2. The first-order chi connectivity index (χ1) is 13.5. The molecule has 0 unspecified atom stereocenters. The summed E-state index contributed by atoms with van der Waals surface area (Å²) in [6, 6.07) is 9.12.